The number of aromatic nitrogens is 1. The molecule has 2 rings (SSSR count). The van der Waals surface area contributed by atoms with Gasteiger partial charge in [0.15, 0.2) is 5.82 Å². The Bertz CT molecular complexity index is 729. The van der Waals surface area contributed by atoms with Crippen LogP contribution in [0.3, 0.4) is 0 Å². The van der Waals surface area contributed by atoms with Gasteiger partial charge < -0.3 is 5.43 Å². The summed E-state index contributed by atoms with van der Waals surface area (Å²) in [7, 11) is -3.75. The molecule has 0 saturated heterocycles. The van der Waals surface area contributed by atoms with Crippen LogP contribution < -0.4 is 16.0 Å². The van der Waals surface area contributed by atoms with Gasteiger partial charge in [-0.25, -0.2) is 19.2 Å². The Labute approximate surface area is 118 Å². The van der Waals surface area contributed by atoms with Crippen molar-refractivity contribution >= 4 is 21.5 Å². The molecule has 0 unspecified atom stereocenters. The van der Waals surface area contributed by atoms with E-state index >= 15 is 0 Å². The Hall–Kier alpha value is -2.12. The largest absolute Gasteiger partial charge is 0.307 e. The highest BCUT2D eigenvalue weighted by atomic mass is 32.2. The number of hydrazine groups is 1. The Balaban J connectivity index is 2.44. The lowest BCUT2D eigenvalue weighted by Crippen LogP contribution is -2.19. The second-order valence-corrected chi connectivity index (χ2v) is 6.00. The van der Waals surface area contributed by atoms with Crippen LogP contribution >= 0.6 is 0 Å². The van der Waals surface area contributed by atoms with Crippen molar-refractivity contribution in [2.45, 2.75) is 18.7 Å². The maximum Gasteiger partial charge on any atom is 0.265 e. The Kier molecular flexibility index (Phi) is 3.91. The highest BCUT2D eigenvalue weighted by molar-refractivity contribution is 7.92. The molecule has 0 atom stereocenters. The molecule has 0 amide bonds. The molecular weight excluding hydrogens is 276 g/mol. The SMILES string of the molecule is Cc1cccc(NS(=O)(=O)c2cccnc2NN)c1C. The third kappa shape index (κ3) is 2.73. The lowest BCUT2D eigenvalue weighted by molar-refractivity contribution is 0.601. The summed E-state index contributed by atoms with van der Waals surface area (Å²) in [6.07, 6.45) is 1.46. The number of anilines is 2. The molecule has 0 bridgehead atoms. The molecule has 0 aliphatic rings. The average molecular weight is 292 g/mol. The standard InChI is InChI=1S/C13H16N4O2S/c1-9-5-3-6-11(10(9)2)17-20(18,19)12-7-4-8-15-13(12)16-14/h3-8,17H,14H2,1-2H3,(H,15,16). The van der Waals surface area contributed by atoms with Crippen LogP contribution in [0, 0.1) is 13.8 Å². The summed E-state index contributed by atoms with van der Waals surface area (Å²) < 4.78 is 27.4. The zero-order valence-corrected chi connectivity index (χ0v) is 12.0. The van der Waals surface area contributed by atoms with Crippen LogP contribution in [0.2, 0.25) is 0 Å². The molecule has 0 fully saturated rings. The molecule has 1 aromatic carbocycles. The maximum absolute atomic E-state index is 12.4. The molecule has 106 valence electrons. The first-order valence-electron chi connectivity index (χ1n) is 5.96. The lowest BCUT2D eigenvalue weighted by Gasteiger charge is -2.13. The predicted octanol–water partition coefficient (Wildman–Crippen LogP) is 1.78. The van der Waals surface area contributed by atoms with E-state index in [0.717, 1.165) is 11.1 Å². The number of rotatable bonds is 4. The molecule has 0 spiro atoms. The van der Waals surface area contributed by atoms with Crippen LogP contribution in [0.1, 0.15) is 11.1 Å². The Morgan fingerprint density at radius 3 is 2.60 bits per heavy atom. The van der Waals surface area contributed by atoms with E-state index in [1.165, 1.54) is 12.3 Å². The van der Waals surface area contributed by atoms with Gasteiger partial charge in [0, 0.05) is 6.20 Å². The van der Waals surface area contributed by atoms with E-state index in [0.29, 0.717) is 5.69 Å². The molecule has 1 aromatic heterocycles. The molecule has 0 aliphatic heterocycles. The first kappa shape index (κ1) is 14.3. The first-order chi connectivity index (χ1) is 9.45. The van der Waals surface area contributed by atoms with Gasteiger partial charge in [0.25, 0.3) is 10.0 Å². The number of nitrogen functional groups attached to an aromatic ring is 1. The predicted molar refractivity (Wildman–Crippen MR) is 78.8 cm³/mol. The van der Waals surface area contributed by atoms with Crippen LogP contribution in [0.5, 0.6) is 0 Å². The highest BCUT2D eigenvalue weighted by Crippen LogP contribution is 2.24. The zero-order valence-electron chi connectivity index (χ0n) is 11.2. The van der Waals surface area contributed by atoms with E-state index in [4.69, 9.17) is 5.84 Å². The summed E-state index contributed by atoms with van der Waals surface area (Å²) in [5.74, 6) is 5.39. The molecule has 2 aromatic rings. The number of sulfonamides is 1. The minimum absolute atomic E-state index is 0.00315. The maximum atomic E-state index is 12.4. The Morgan fingerprint density at radius 1 is 1.15 bits per heavy atom. The summed E-state index contributed by atoms with van der Waals surface area (Å²) in [5.41, 5.74) is 4.71. The number of hydrogen-bond donors (Lipinski definition) is 3. The molecule has 0 radical (unpaired) electrons. The van der Waals surface area contributed by atoms with E-state index in [1.54, 1.807) is 18.2 Å². The van der Waals surface area contributed by atoms with Crippen molar-refractivity contribution in [3.05, 3.63) is 47.7 Å². The van der Waals surface area contributed by atoms with Gasteiger partial charge in [-0.05, 0) is 43.2 Å². The molecule has 1 heterocycles. The van der Waals surface area contributed by atoms with Gasteiger partial charge in [-0.3, -0.25) is 4.72 Å². The van der Waals surface area contributed by atoms with Gasteiger partial charge >= 0.3 is 0 Å². The van der Waals surface area contributed by atoms with Gasteiger partial charge in [0.1, 0.15) is 4.90 Å². The van der Waals surface area contributed by atoms with Crippen molar-refractivity contribution in [2.24, 2.45) is 5.84 Å². The normalized spacial score (nSPS) is 11.2. The molecular formula is C13H16N4O2S. The summed E-state index contributed by atoms with van der Waals surface area (Å²) in [4.78, 5) is 3.89. The summed E-state index contributed by atoms with van der Waals surface area (Å²) in [5, 5.41) is 0. The fraction of sp³-hybridized carbons (Fsp3) is 0.154. The van der Waals surface area contributed by atoms with Gasteiger partial charge in [-0.15, -0.1) is 0 Å². The van der Waals surface area contributed by atoms with E-state index in [-0.39, 0.29) is 10.7 Å². The van der Waals surface area contributed by atoms with Gasteiger partial charge in [0.2, 0.25) is 0 Å². The first-order valence-corrected chi connectivity index (χ1v) is 7.44. The molecule has 4 N–H and O–H groups in total. The van der Waals surface area contributed by atoms with E-state index in [2.05, 4.69) is 15.1 Å². The summed E-state index contributed by atoms with van der Waals surface area (Å²) in [6.45, 7) is 3.78. The minimum Gasteiger partial charge on any atom is -0.307 e. The van der Waals surface area contributed by atoms with Gasteiger partial charge in [-0.2, -0.15) is 0 Å². The van der Waals surface area contributed by atoms with Crippen molar-refractivity contribution in [1.82, 2.24) is 4.98 Å². The number of benzene rings is 1. The lowest BCUT2D eigenvalue weighted by atomic mass is 10.1. The fourth-order valence-electron chi connectivity index (χ4n) is 1.78. The zero-order chi connectivity index (χ0) is 14.8. The van der Waals surface area contributed by atoms with Crippen molar-refractivity contribution < 1.29 is 8.42 Å². The number of nitrogens with one attached hydrogen (secondary N) is 2. The van der Waals surface area contributed by atoms with Crippen molar-refractivity contribution in [1.29, 1.82) is 0 Å². The highest BCUT2D eigenvalue weighted by Gasteiger charge is 2.20. The number of hydrogen-bond acceptors (Lipinski definition) is 5. The Morgan fingerprint density at radius 2 is 1.90 bits per heavy atom. The third-order valence-electron chi connectivity index (χ3n) is 3.05. The van der Waals surface area contributed by atoms with Gasteiger partial charge in [0.05, 0.1) is 5.69 Å². The summed E-state index contributed by atoms with van der Waals surface area (Å²) >= 11 is 0. The smallest absolute Gasteiger partial charge is 0.265 e. The number of pyridine rings is 1. The van der Waals surface area contributed by atoms with Gasteiger partial charge in [-0.1, -0.05) is 12.1 Å². The van der Waals surface area contributed by atoms with Crippen LogP contribution in [0.4, 0.5) is 11.5 Å². The van der Waals surface area contributed by atoms with Crippen molar-refractivity contribution in [2.75, 3.05) is 10.1 Å². The molecule has 0 aliphatic carbocycles. The second kappa shape index (κ2) is 5.48. The van der Waals surface area contributed by atoms with Crippen molar-refractivity contribution in [3.8, 4) is 0 Å². The van der Waals surface area contributed by atoms with E-state index in [9.17, 15) is 8.42 Å². The van der Waals surface area contributed by atoms with E-state index in [1.807, 2.05) is 19.9 Å². The van der Waals surface area contributed by atoms with Crippen LogP contribution in [-0.4, -0.2) is 13.4 Å². The quantitative estimate of drug-likeness (QED) is 0.589. The monoisotopic (exact) mass is 292 g/mol. The van der Waals surface area contributed by atoms with Crippen LogP contribution in [0.15, 0.2) is 41.4 Å². The van der Waals surface area contributed by atoms with E-state index < -0.39 is 10.0 Å². The third-order valence-corrected chi connectivity index (χ3v) is 4.44. The minimum atomic E-state index is -3.75. The van der Waals surface area contributed by atoms with Crippen molar-refractivity contribution in [3.63, 3.8) is 0 Å². The average Bonchev–Trinajstić information content (AvgIpc) is 2.43. The van der Waals surface area contributed by atoms with Crippen LogP contribution in [0.25, 0.3) is 0 Å². The number of nitrogens with two attached hydrogens (primary N) is 1. The fourth-order valence-corrected chi connectivity index (χ4v) is 3.02. The molecule has 7 heteroatoms. The van der Waals surface area contributed by atoms with Crippen LogP contribution in [-0.2, 0) is 10.0 Å². The molecule has 20 heavy (non-hydrogen) atoms. The topological polar surface area (TPSA) is 97.1 Å². The number of aryl methyl sites for hydroxylation is 1. The number of nitrogens with zero attached hydrogens (tertiary/aromatic N) is 1. The summed E-state index contributed by atoms with van der Waals surface area (Å²) in [6, 6.07) is 8.41. The second-order valence-electron chi connectivity index (χ2n) is 4.35. The molecule has 0 saturated carbocycles. The molecule has 6 nitrogen and oxygen atoms in total.